The summed E-state index contributed by atoms with van der Waals surface area (Å²) < 4.78 is 4.40. The molecule has 0 atom stereocenters. The highest BCUT2D eigenvalue weighted by Gasteiger charge is 1.81. The maximum Gasteiger partial charge on any atom is 0.302 e. The SMILES string of the molecule is CC(C)=O.CCOC(C)=O.CO.O=CO. The van der Waals surface area contributed by atoms with Crippen LogP contribution in [0.2, 0.25) is 0 Å². The predicted octanol–water partition coefficient (Wildman–Crippen LogP) is 0.474. The van der Waals surface area contributed by atoms with Crippen LogP contribution in [0.1, 0.15) is 27.7 Å². The molecule has 0 heterocycles. The molecule has 0 amide bonds. The Morgan fingerprint density at radius 2 is 1.40 bits per heavy atom. The van der Waals surface area contributed by atoms with Crippen LogP contribution in [-0.2, 0) is 19.1 Å². The normalized spacial score (nSPS) is 6.00. The summed E-state index contributed by atoms with van der Waals surface area (Å²) in [4.78, 5) is 27.6. The number of Topliss-reactive ketones (excluding diaryl/α,β-unsaturated/α-hetero) is 1. The van der Waals surface area contributed by atoms with Crippen LogP contribution in [0, 0.1) is 0 Å². The van der Waals surface area contributed by atoms with E-state index in [1.165, 1.54) is 20.8 Å². The lowest BCUT2D eigenvalue weighted by Gasteiger charge is -1.89. The van der Waals surface area contributed by atoms with Crippen molar-refractivity contribution in [2.45, 2.75) is 27.7 Å². The van der Waals surface area contributed by atoms with Gasteiger partial charge < -0.3 is 19.7 Å². The summed E-state index contributed by atoms with van der Waals surface area (Å²) in [6.07, 6.45) is 0. The minimum atomic E-state index is -0.250. The smallest absolute Gasteiger partial charge is 0.302 e. The zero-order valence-electron chi connectivity index (χ0n) is 9.81. The number of esters is 1. The fourth-order valence-corrected chi connectivity index (χ4v) is 0.203. The van der Waals surface area contributed by atoms with Crippen molar-refractivity contribution in [2.24, 2.45) is 0 Å². The molecule has 0 aliphatic carbocycles. The molecule has 0 bridgehead atoms. The lowest BCUT2D eigenvalue weighted by molar-refractivity contribution is -0.140. The summed E-state index contributed by atoms with van der Waals surface area (Å²) >= 11 is 0. The molecule has 0 fully saturated rings. The van der Waals surface area contributed by atoms with Crippen molar-refractivity contribution >= 4 is 18.2 Å². The molecule has 15 heavy (non-hydrogen) atoms. The van der Waals surface area contributed by atoms with Crippen LogP contribution in [0.5, 0.6) is 0 Å². The maximum absolute atomic E-state index is 9.82. The second-order valence-corrected chi connectivity index (χ2v) is 1.94. The molecule has 6 heteroatoms. The summed E-state index contributed by atoms with van der Waals surface area (Å²) in [6, 6.07) is 0. The molecule has 0 aliphatic rings. The van der Waals surface area contributed by atoms with Gasteiger partial charge in [-0.2, -0.15) is 0 Å². The Morgan fingerprint density at radius 1 is 1.20 bits per heavy atom. The quantitative estimate of drug-likeness (QED) is 0.496. The fourth-order valence-electron chi connectivity index (χ4n) is 0.203. The van der Waals surface area contributed by atoms with Crippen molar-refractivity contribution in [3.8, 4) is 0 Å². The van der Waals surface area contributed by atoms with Gasteiger partial charge in [0, 0.05) is 14.0 Å². The molecule has 0 saturated carbocycles. The number of carbonyl (C=O) groups is 3. The molecule has 0 aromatic rings. The van der Waals surface area contributed by atoms with Crippen LogP contribution in [0.15, 0.2) is 0 Å². The van der Waals surface area contributed by atoms with Gasteiger partial charge in [-0.25, -0.2) is 0 Å². The first kappa shape index (κ1) is 23.4. The van der Waals surface area contributed by atoms with Crippen LogP contribution in [0.4, 0.5) is 0 Å². The molecule has 6 nitrogen and oxygen atoms in total. The first-order chi connectivity index (χ1) is 6.92. The number of hydrogen-bond donors (Lipinski definition) is 2. The van der Waals surface area contributed by atoms with E-state index in [1.54, 1.807) is 6.92 Å². The van der Waals surface area contributed by atoms with Gasteiger partial charge in [0.25, 0.3) is 6.47 Å². The molecule has 0 spiro atoms. The van der Waals surface area contributed by atoms with E-state index in [0.717, 1.165) is 7.11 Å². The highest BCUT2D eigenvalue weighted by atomic mass is 16.5. The van der Waals surface area contributed by atoms with E-state index < -0.39 is 0 Å². The minimum absolute atomic E-state index is 0.167. The second-order valence-electron chi connectivity index (χ2n) is 1.94. The van der Waals surface area contributed by atoms with E-state index in [-0.39, 0.29) is 18.2 Å². The van der Waals surface area contributed by atoms with Gasteiger partial charge in [0.1, 0.15) is 5.78 Å². The summed E-state index contributed by atoms with van der Waals surface area (Å²) in [6.45, 7) is 6.46. The third kappa shape index (κ3) is 570. The van der Waals surface area contributed by atoms with Crippen molar-refractivity contribution < 1.29 is 29.3 Å². The molecule has 0 aliphatic heterocycles. The molecule has 0 radical (unpaired) electrons. The summed E-state index contributed by atoms with van der Waals surface area (Å²) in [7, 11) is 1.00. The Bertz CT molecular complexity index is 140. The number of ether oxygens (including phenoxy) is 1. The standard InChI is InChI=1S/C4H8O2.C3H6O.CH2O2.CH4O/c1-3-6-4(2)5;1-3(2)4;2-1-3;1-2/h3H2,1-2H3;1-2H3;1H,(H,2,3);2H,1H3. The van der Waals surface area contributed by atoms with Gasteiger partial charge in [-0.1, -0.05) is 0 Å². The van der Waals surface area contributed by atoms with Crippen LogP contribution in [0.3, 0.4) is 0 Å². The number of aliphatic hydroxyl groups excluding tert-OH is 1. The van der Waals surface area contributed by atoms with Crippen LogP contribution in [-0.4, -0.2) is 42.2 Å². The number of carbonyl (C=O) groups excluding carboxylic acids is 2. The van der Waals surface area contributed by atoms with E-state index in [4.69, 9.17) is 15.0 Å². The third-order valence-electron chi connectivity index (χ3n) is 0.348. The Labute approximate surface area is 89.9 Å². The average Bonchev–Trinajstić information content (AvgIpc) is 2.07. The second kappa shape index (κ2) is 29.4. The highest BCUT2D eigenvalue weighted by Crippen LogP contribution is 1.69. The summed E-state index contributed by atoms with van der Waals surface area (Å²) in [5.74, 6) is -0.0440. The number of rotatable bonds is 1. The summed E-state index contributed by atoms with van der Waals surface area (Å²) in [5, 5.41) is 13.9. The van der Waals surface area contributed by atoms with Crippen LogP contribution in [0.25, 0.3) is 0 Å². The van der Waals surface area contributed by atoms with Gasteiger partial charge in [0.05, 0.1) is 6.61 Å². The van der Waals surface area contributed by atoms with E-state index in [2.05, 4.69) is 4.74 Å². The summed E-state index contributed by atoms with van der Waals surface area (Å²) in [5.41, 5.74) is 0. The maximum atomic E-state index is 9.82. The van der Waals surface area contributed by atoms with Gasteiger partial charge in [0.2, 0.25) is 0 Å². The monoisotopic (exact) mass is 224 g/mol. The Morgan fingerprint density at radius 3 is 1.40 bits per heavy atom. The largest absolute Gasteiger partial charge is 0.483 e. The average molecular weight is 224 g/mol. The van der Waals surface area contributed by atoms with Crippen molar-refractivity contribution in [3.05, 3.63) is 0 Å². The minimum Gasteiger partial charge on any atom is -0.483 e. The van der Waals surface area contributed by atoms with Crippen molar-refractivity contribution in [1.29, 1.82) is 0 Å². The Hall–Kier alpha value is -1.43. The Kier molecular flexibility index (Phi) is 45.8. The predicted molar refractivity (Wildman–Crippen MR) is 55.5 cm³/mol. The first-order valence-corrected chi connectivity index (χ1v) is 4.05. The molecule has 92 valence electrons. The van der Waals surface area contributed by atoms with E-state index in [9.17, 15) is 9.59 Å². The van der Waals surface area contributed by atoms with Crippen molar-refractivity contribution in [2.75, 3.05) is 13.7 Å². The molecule has 0 unspecified atom stereocenters. The first-order valence-electron chi connectivity index (χ1n) is 4.05. The molecule has 0 rings (SSSR count). The van der Waals surface area contributed by atoms with E-state index >= 15 is 0 Å². The van der Waals surface area contributed by atoms with E-state index in [0.29, 0.717) is 6.61 Å². The zero-order valence-corrected chi connectivity index (χ0v) is 9.81. The van der Waals surface area contributed by atoms with E-state index in [1.807, 2.05) is 0 Å². The third-order valence-corrected chi connectivity index (χ3v) is 0.348. The molecule has 0 aromatic heterocycles. The number of aliphatic hydroxyl groups is 1. The Balaban J connectivity index is -0.0000000590. The lowest BCUT2D eigenvalue weighted by atomic mass is 10.6. The van der Waals surface area contributed by atoms with Crippen molar-refractivity contribution in [1.82, 2.24) is 0 Å². The number of ketones is 1. The van der Waals surface area contributed by atoms with Crippen LogP contribution < -0.4 is 0 Å². The number of hydrogen-bond acceptors (Lipinski definition) is 5. The van der Waals surface area contributed by atoms with Gasteiger partial charge in [0.15, 0.2) is 0 Å². The molecular weight excluding hydrogens is 204 g/mol. The fraction of sp³-hybridized carbons (Fsp3) is 0.667. The van der Waals surface area contributed by atoms with Crippen LogP contribution >= 0.6 is 0 Å². The molecule has 2 N–H and O–H groups in total. The molecule has 0 saturated heterocycles. The zero-order chi connectivity index (χ0) is 13.3. The number of carboxylic acid groups (broad SMARTS) is 1. The van der Waals surface area contributed by atoms with Crippen molar-refractivity contribution in [3.63, 3.8) is 0 Å². The topological polar surface area (TPSA) is 101 Å². The van der Waals surface area contributed by atoms with Gasteiger partial charge in [-0.3, -0.25) is 9.59 Å². The van der Waals surface area contributed by atoms with Gasteiger partial charge in [-0.05, 0) is 20.8 Å². The van der Waals surface area contributed by atoms with Gasteiger partial charge >= 0.3 is 5.97 Å². The van der Waals surface area contributed by atoms with Gasteiger partial charge in [-0.15, -0.1) is 0 Å². The molecular formula is C9H20O6. The highest BCUT2D eigenvalue weighted by molar-refractivity contribution is 5.72. The lowest BCUT2D eigenvalue weighted by Crippen LogP contribution is -1.95. The molecule has 0 aromatic carbocycles.